The molecule has 2 N–H and O–H groups in total. The minimum atomic E-state index is -0.754. The molecule has 0 amide bonds. The predicted molar refractivity (Wildman–Crippen MR) is 122 cm³/mol. The standard InChI is InChI=1S/C25H33N3O3/c1-31-23-6-2-4-20(14-23)21(15-24(29)30)17-28-13-11-18(16-28)7-9-22-10-8-19-5-3-12-26-25(19)27-22/h2,4,6,8,10,14,18,21H,3,5,7,9,11-13,15-17H2,1H3,(H,26,27)(H,29,30). The fourth-order valence-electron chi connectivity index (χ4n) is 4.88. The molecule has 2 aromatic rings. The monoisotopic (exact) mass is 423 g/mol. The second-order valence-corrected chi connectivity index (χ2v) is 8.87. The number of carboxylic acids is 1. The number of hydrogen-bond donors (Lipinski definition) is 2. The molecule has 2 aliphatic rings. The van der Waals surface area contributed by atoms with Gasteiger partial charge < -0.3 is 20.1 Å². The molecule has 0 aliphatic carbocycles. The number of likely N-dealkylation sites (tertiary alicyclic amines) is 1. The van der Waals surface area contributed by atoms with Gasteiger partial charge >= 0.3 is 5.97 Å². The summed E-state index contributed by atoms with van der Waals surface area (Å²) in [6.07, 6.45) is 5.75. The third-order valence-electron chi connectivity index (χ3n) is 6.60. The van der Waals surface area contributed by atoms with Gasteiger partial charge in [0.1, 0.15) is 11.6 Å². The Hall–Kier alpha value is -2.60. The van der Waals surface area contributed by atoms with E-state index in [-0.39, 0.29) is 12.3 Å². The molecule has 1 aromatic carbocycles. The zero-order chi connectivity index (χ0) is 21.6. The molecule has 0 saturated carbocycles. The number of aryl methyl sites for hydroxylation is 2. The molecule has 0 bridgehead atoms. The summed E-state index contributed by atoms with van der Waals surface area (Å²) in [7, 11) is 1.64. The normalized spacial score (nSPS) is 19.5. The van der Waals surface area contributed by atoms with Crippen LogP contribution in [0.3, 0.4) is 0 Å². The Kier molecular flexibility index (Phi) is 7.07. The average molecular weight is 424 g/mol. The summed E-state index contributed by atoms with van der Waals surface area (Å²) in [5.74, 6) is 1.71. The van der Waals surface area contributed by atoms with Crippen molar-refractivity contribution in [3.63, 3.8) is 0 Å². The Labute approximate surface area is 184 Å². The Morgan fingerprint density at radius 3 is 3.10 bits per heavy atom. The first-order valence-electron chi connectivity index (χ1n) is 11.4. The highest BCUT2D eigenvalue weighted by atomic mass is 16.5. The van der Waals surface area contributed by atoms with Crippen molar-refractivity contribution < 1.29 is 14.6 Å². The number of anilines is 1. The maximum absolute atomic E-state index is 11.5. The van der Waals surface area contributed by atoms with Crippen LogP contribution < -0.4 is 10.1 Å². The average Bonchev–Trinajstić information content (AvgIpc) is 3.24. The smallest absolute Gasteiger partial charge is 0.304 e. The molecule has 2 aliphatic heterocycles. The Morgan fingerprint density at radius 2 is 2.26 bits per heavy atom. The van der Waals surface area contributed by atoms with E-state index in [2.05, 4.69) is 22.3 Å². The number of benzene rings is 1. The van der Waals surface area contributed by atoms with Crippen molar-refractivity contribution in [2.24, 2.45) is 5.92 Å². The van der Waals surface area contributed by atoms with E-state index in [4.69, 9.17) is 9.72 Å². The van der Waals surface area contributed by atoms with Crippen molar-refractivity contribution in [1.82, 2.24) is 9.88 Å². The first-order valence-corrected chi connectivity index (χ1v) is 11.4. The SMILES string of the molecule is COc1cccc(C(CC(=O)O)CN2CCC(CCc3ccc4c(n3)NCCC4)C2)c1. The molecular weight excluding hydrogens is 390 g/mol. The topological polar surface area (TPSA) is 74.7 Å². The van der Waals surface area contributed by atoms with Crippen LogP contribution in [-0.4, -0.2) is 54.2 Å². The van der Waals surface area contributed by atoms with Gasteiger partial charge in [0.05, 0.1) is 13.5 Å². The largest absolute Gasteiger partial charge is 0.497 e. The first kappa shape index (κ1) is 21.6. The van der Waals surface area contributed by atoms with E-state index in [9.17, 15) is 9.90 Å². The van der Waals surface area contributed by atoms with Crippen molar-refractivity contribution in [3.8, 4) is 5.75 Å². The number of carboxylic acid groups (broad SMARTS) is 1. The van der Waals surface area contributed by atoms with Gasteiger partial charge in [-0.3, -0.25) is 4.79 Å². The van der Waals surface area contributed by atoms with Crippen LogP contribution >= 0.6 is 0 Å². The molecule has 6 heteroatoms. The number of ether oxygens (including phenoxy) is 1. The summed E-state index contributed by atoms with van der Waals surface area (Å²) in [6, 6.07) is 12.2. The molecule has 4 rings (SSSR count). The first-order chi connectivity index (χ1) is 15.1. The van der Waals surface area contributed by atoms with Gasteiger partial charge in [0.2, 0.25) is 0 Å². The number of nitrogens with zero attached hydrogens (tertiary/aromatic N) is 2. The summed E-state index contributed by atoms with van der Waals surface area (Å²) in [6.45, 7) is 3.86. The van der Waals surface area contributed by atoms with Crippen molar-refractivity contribution in [3.05, 3.63) is 53.2 Å². The zero-order valence-corrected chi connectivity index (χ0v) is 18.3. The molecular formula is C25H33N3O3. The van der Waals surface area contributed by atoms with Gasteiger partial charge in [-0.05, 0) is 73.9 Å². The molecule has 1 saturated heterocycles. The lowest BCUT2D eigenvalue weighted by atomic mass is 9.95. The molecule has 6 nitrogen and oxygen atoms in total. The van der Waals surface area contributed by atoms with E-state index >= 15 is 0 Å². The van der Waals surface area contributed by atoms with Gasteiger partial charge in [-0.15, -0.1) is 0 Å². The van der Waals surface area contributed by atoms with Crippen LogP contribution in [0, 0.1) is 5.92 Å². The third kappa shape index (κ3) is 5.76. The van der Waals surface area contributed by atoms with Gasteiger partial charge in [-0.2, -0.15) is 0 Å². The fraction of sp³-hybridized carbons (Fsp3) is 0.520. The number of nitrogens with one attached hydrogen (secondary N) is 1. The van der Waals surface area contributed by atoms with Crippen LogP contribution in [-0.2, 0) is 17.6 Å². The Bertz CT molecular complexity index is 901. The number of aromatic nitrogens is 1. The molecule has 3 heterocycles. The quantitative estimate of drug-likeness (QED) is 0.636. The van der Waals surface area contributed by atoms with Crippen LogP contribution in [0.15, 0.2) is 36.4 Å². The lowest BCUT2D eigenvalue weighted by Gasteiger charge is -2.23. The van der Waals surface area contributed by atoms with Gasteiger partial charge in [0, 0.05) is 31.2 Å². The molecule has 0 spiro atoms. The van der Waals surface area contributed by atoms with Gasteiger partial charge in [0.15, 0.2) is 0 Å². The van der Waals surface area contributed by atoms with E-state index in [1.54, 1.807) is 7.11 Å². The second kappa shape index (κ2) is 10.1. The maximum Gasteiger partial charge on any atom is 0.304 e. The summed E-state index contributed by atoms with van der Waals surface area (Å²) in [4.78, 5) is 18.7. The van der Waals surface area contributed by atoms with Crippen molar-refractivity contribution in [1.29, 1.82) is 0 Å². The Morgan fingerprint density at radius 1 is 1.35 bits per heavy atom. The van der Waals surface area contributed by atoms with Crippen LogP contribution in [0.1, 0.15) is 48.4 Å². The summed E-state index contributed by atoms with van der Waals surface area (Å²) in [5.41, 5.74) is 3.55. The zero-order valence-electron chi connectivity index (χ0n) is 18.3. The number of fused-ring (bicyclic) bond motifs is 1. The number of methoxy groups -OCH3 is 1. The van der Waals surface area contributed by atoms with Crippen molar-refractivity contribution in [2.45, 2.75) is 44.4 Å². The number of rotatable bonds is 9. The van der Waals surface area contributed by atoms with E-state index in [1.165, 1.54) is 24.1 Å². The number of aliphatic carboxylic acids is 1. The van der Waals surface area contributed by atoms with E-state index in [0.717, 1.165) is 62.6 Å². The Balaban J connectivity index is 1.32. The highest BCUT2D eigenvalue weighted by molar-refractivity contribution is 5.68. The predicted octanol–water partition coefficient (Wildman–Crippen LogP) is 3.96. The molecule has 31 heavy (non-hydrogen) atoms. The molecule has 166 valence electrons. The highest BCUT2D eigenvalue weighted by Crippen LogP contribution is 2.29. The van der Waals surface area contributed by atoms with Crippen molar-refractivity contribution >= 4 is 11.8 Å². The van der Waals surface area contributed by atoms with Gasteiger partial charge in [-0.25, -0.2) is 4.98 Å². The van der Waals surface area contributed by atoms with E-state index in [0.29, 0.717) is 5.92 Å². The molecule has 1 aromatic heterocycles. The molecule has 0 radical (unpaired) electrons. The molecule has 2 unspecified atom stereocenters. The third-order valence-corrected chi connectivity index (χ3v) is 6.60. The van der Waals surface area contributed by atoms with E-state index in [1.807, 2.05) is 24.3 Å². The van der Waals surface area contributed by atoms with E-state index < -0.39 is 5.97 Å². The summed E-state index contributed by atoms with van der Waals surface area (Å²) >= 11 is 0. The molecule has 2 atom stereocenters. The van der Waals surface area contributed by atoms with Crippen LogP contribution in [0.2, 0.25) is 0 Å². The highest BCUT2D eigenvalue weighted by Gasteiger charge is 2.26. The lowest BCUT2D eigenvalue weighted by molar-refractivity contribution is -0.137. The number of hydrogen-bond acceptors (Lipinski definition) is 5. The van der Waals surface area contributed by atoms with Crippen LogP contribution in [0.5, 0.6) is 5.75 Å². The minimum Gasteiger partial charge on any atom is -0.497 e. The lowest BCUT2D eigenvalue weighted by Crippen LogP contribution is -2.28. The van der Waals surface area contributed by atoms with Crippen LogP contribution in [0.4, 0.5) is 5.82 Å². The van der Waals surface area contributed by atoms with Gasteiger partial charge in [-0.1, -0.05) is 18.2 Å². The van der Waals surface area contributed by atoms with Crippen molar-refractivity contribution in [2.75, 3.05) is 38.6 Å². The summed E-state index contributed by atoms with van der Waals surface area (Å²) in [5, 5.41) is 12.9. The second-order valence-electron chi connectivity index (χ2n) is 8.87. The molecule has 1 fully saturated rings. The number of pyridine rings is 1. The van der Waals surface area contributed by atoms with Gasteiger partial charge in [0.25, 0.3) is 0 Å². The fourth-order valence-corrected chi connectivity index (χ4v) is 4.88. The number of carbonyl (C=O) groups is 1. The maximum atomic E-state index is 11.5. The summed E-state index contributed by atoms with van der Waals surface area (Å²) < 4.78 is 5.33. The minimum absolute atomic E-state index is 0.0280. The van der Waals surface area contributed by atoms with Crippen LogP contribution in [0.25, 0.3) is 0 Å².